The molecule has 1 aromatic rings. The highest BCUT2D eigenvalue weighted by Crippen LogP contribution is 2.24. The topological polar surface area (TPSA) is 89.2 Å². The average molecular weight is 278 g/mol. The minimum atomic E-state index is 0.274. The fourth-order valence-electron chi connectivity index (χ4n) is 2.81. The molecule has 1 saturated carbocycles. The van der Waals surface area contributed by atoms with Crippen LogP contribution in [0.2, 0.25) is 0 Å². The van der Waals surface area contributed by atoms with Crippen LogP contribution in [0.15, 0.2) is 0 Å². The van der Waals surface area contributed by atoms with Crippen LogP contribution < -0.4 is 16.0 Å². The highest BCUT2D eigenvalue weighted by Gasteiger charge is 2.18. The highest BCUT2D eigenvalue weighted by atomic mass is 16.5. The van der Waals surface area contributed by atoms with Crippen LogP contribution in [0.3, 0.4) is 0 Å². The first-order chi connectivity index (χ1) is 9.81. The van der Waals surface area contributed by atoms with Crippen molar-refractivity contribution in [3.8, 4) is 0 Å². The Hall–Kier alpha value is -1.63. The van der Waals surface area contributed by atoms with Crippen LogP contribution in [0.1, 0.15) is 25.7 Å². The van der Waals surface area contributed by atoms with E-state index < -0.39 is 0 Å². The zero-order valence-electron chi connectivity index (χ0n) is 11.7. The standard InChI is InChI=1S/C13H22N6O/c14-11-16-12(15-9-10-3-1-2-4-10)18-13(17-11)19-5-7-20-8-6-19/h10H,1-9H2,(H3,14,15,16,17,18). The summed E-state index contributed by atoms with van der Waals surface area (Å²) in [4.78, 5) is 15.0. The molecule has 0 atom stereocenters. The van der Waals surface area contributed by atoms with Crippen LogP contribution in [0, 0.1) is 5.92 Å². The van der Waals surface area contributed by atoms with E-state index in [0.29, 0.717) is 25.1 Å². The van der Waals surface area contributed by atoms with E-state index in [9.17, 15) is 0 Å². The number of hydrogen-bond acceptors (Lipinski definition) is 7. The molecule has 1 aromatic heterocycles. The molecule has 0 bridgehead atoms. The van der Waals surface area contributed by atoms with E-state index in [4.69, 9.17) is 10.5 Å². The molecule has 0 unspecified atom stereocenters. The molecule has 1 aliphatic carbocycles. The van der Waals surface area contributed by atoms with E-state index in [1.807, 2.05) is 0 Å². The number of nitrogens with two attached hydrogens (primary N) is 1. The number of anilines is 3. The summed E-state index contributed by atoms with van der Waals surface area (Å²) in [6, 6.07) is 0. The maximum atomic E-state index is 5.79. The third kappa shape index (κ3) is 3.27. The Morgan fingerprint density at radius 2 is 1.90 bits per heavy atom. The van der Waals surface area contributed by atoms with Gasteiger partial charge in [0.05, 0.1) is 13.2 Å². The van der Waals surface area contributed by atoms with Gasteiger partial charge >= 0.3 is 0 Å². The predicted octanol–water partition coefficient (Wildman–Crippen LogP) is 0.892. The first kappa shape index (κ1) is 13.4. The van der Waals surface area contributed by atoms with Gasteiger partial charge in [-0.15, -0.1) is 0 Å². The third-order valence-corrected chi connectivity index (χ3v) is 3.96. The summed E-state index contributed by atoms with van der Waals surface area (Å²) in [5.41, 5.74) is 5.79. The Morgan fingerprint density at radius 3 is 2.65 bits per heavy atom. The van der Waals surface area contributed by atoms with Gasteiger partial charge in [-0.3, -0.25) is 0 Å². The normalized spacial score (nSPS) is 20.3. The Bertz CT molecular complexity index is 442. The summed E-state index contributed by atoms with van der Waals surface area (Å²) < 4.78 is 5.34. The van der Waals surface area contributed by atoms with Gasteiger partial charge in [0.25, 0.3) is 0 Å². The van der Waals surface area contributed by atoms with E-state index in [2.05, 4.69) is 25.2 Å². The summed E-state index contributed by atoms with van der Waals surface area (Å²) in [5, 5.41) is 3.31. The van der Waals surface area contributed by atoms with Crippen LogP contribution in [-0.4, -0.2) is 47.8 Å². The number of ether oxygens (including phenoxy) is 1. The molecule has 3 rings (SSSR count). The molecule has 7 nitrogen and oxygen atoms in total. The molecular formula is C13H22N6O. The van der Waals surface area contributed by atoms with Gasteiger partial charge in [-0.2, -0.15) is 15.0 Å². The Balaban J connectivity index is 1.65. The third-order valence-electron chi connectivity index (χ3n) is 3.96. The number of aromatic nitrogens is 3. The fraction of sp³-hybridized carbons (Fsp3) is 0.769. The second-order valence-corrected chi connectivity index (χ2v) is 5.45. The number of rotatable bonds is 4. The summed E-state index contributed by atoms with van der Waals surface area (Å²) >= 11 is 0. The van der Waals surface area contributed by atoms with E-state index in [0.717, 1.165) is 25.6 Å². The van der Waals surface area contributed by atoms with E-state index >= 15 is 0 Å². The van der Waals surface area contributed by atoms with Gasteiger partial charge in [-0.1, -0.05) is 12.8 Å². The summed E-state index contributed by atoms with van der Waals surface area (Å²) in [5.74, 6) is 2.25. The molecule has 110 valence electrons. The minimum absolute atomic E-state index is 0.274. The second kappa shape index (κ2) is 6.21. The Kier molecular flexibility index (Phi) is 4.15. The monoisotopic (exact) mass is 278 g/mol. The van der Waals surface area contributed by atoms with Gasteiger partial charge in [0.15, 0.2) is 0 Å². The first-order valence-corrected chi connectivity index (χ1v) is 7.39. The second-order valence-electron chi connectivity index (χ2n) is 5.45. The summed E-state index contributed by atoms with van der Waals surface area (Å²) in [6.07, 6.45) is 5.27. The van der Waals surface area contributed by atoms with E-state index in [-0.39, 0.29) is 5.95 Å². The molecule has 3 N–H and O–H groups in total. The Morgan fingerprint density at radius 1 is 1.15 bits per heavy atom. The molecule has 2 heterocycles. The molecule has 7 heteroatoms. The van der Waals surface area contributed by atoms with Gasteiger partial charge in [-0.25, -0.2) is 0 Å². The molecule has 2 fully saturated rings. The largest absolute Gasteiger partial charge is 0.378 e. The lowest BCUT2D eigenvalue weighted by Gasteiger charge is -2.26. The fourth-order valence-corrected chi connectivity index (χ4v) is 2.81. The van der Waals surface area contributed by atoms with Gasteiger partial charge in [0, 0.05) is 19.6 Å². The van der Waals surface area contributed by atoms with Gasteiger partial charge in [0.2, 0.25) is 17.8 Å². The van der Waals surface area contributed by atoms with Crippen molar-refractivity contribution in [1.29, 1.82) is 0 Å². The number of nitrogen functional groups attached to an aromatic ring is 1. The van der Waals surface area contributed by atoms with Gasteiger partial charge < -0.3 is 20.7 Å². The van der Waals surface area contributed by atoms with Crippen LogP contribution in [-0.2, 0) is 4.74 Å². The van der Waals surface area contributed by atoms with Gasteiger partial charge in [0.1, 0.15) is 0 Å². The van der Waals surface area contributed by atoms with E-state index in [1.165, 1.54) is 25.7 Å². The lowest BCUT2D eigenvalue weighted by atomic mass is 10.1. The molecule has 0 aromatic carbocycles. The number of nitrogens with zero attached hydrogens (tertiary/aromatic N) is 4. The van der Waals surface area contributed by atoms with Crippen LogP contribution in [0.4, 0.5) is 17.8 Å². The zero-order valence-corrected chi connectivity index (χ0v) is 11.7. The quantitative estimate of drug-likeness (QED) is 0.845. The number of nitrogens with one attached hydrogen (secondary N) is 1. The average Bonchev–Trinajstić information content (AvgIpc) is 2.99. The van der Waals surface area contributed by atoms with Crippen molar-refractivity contribution in [3.63, 3.8) is 0 Å². The lowest BCUT2D eigenvalue weighted by molar-refractivity contribution is 0.122. The molecular weight excluding hydrogens is 256 g/mol. The van der Waals surface area contributed by atoms with Crippen LogP contribution >= 0.6 is 0 Å². The SMILES string of the molecule is Nc1nc(NCC2CCCC2)nc(N2CCOCC2)n1. The number of morpholine rings is 1. The summed E-state index contributed by atoms with van der Waals surface area (Å²) in [6.45, 7) is 3.93. The minimum Gasteiger partial charge on any atom is -0.378 e. The van der Waals surface area contributed by atoms with Crippen molar-refractivity contribution in [3.05, 3.63) is 0 Å². The Labute approximate surface area is 118 Å². The van der Waals surface area contributed by atoms with Gasteiger partial charge in [-0.05, 0) is 18.8 Å². The molecule has 1 aliphatic heterocycles. The summed E-state index contributed by atoms with van der Waals surface area (Å²) in [7, 11) is 0. The van der Waals surface area contributed by atoms with Crippen molar-refractivity contribution in [2.45, 2.75) is 25.7 Å². The highest BCUT2D eigenvalue weighted by molar-refractivity contribution is 5.42. The van der Waals surface area contributed by atoms with E-state index in [1.54, 1.807) is 0 Å². The van der Waals surface area contributed by atoms with Crippen LogP contribution in [0.25, 0.3) is 0 Å². The smallest absolute Gasteiger partial charge is 0.232 e. The molecule has 1 saturated heterocycles. The first-order valence-electron chi connectivity index (χ1n) is 7.39. The van der Waals surface area contributed by atoms with Crippen molar-refractivity contribution in [1.82, 2.24) is 15.0 Å². The molecule has 20 heavy (non-hydrogen) atoms. The van der Waals surface area contributed by atoms with Crippen molar-refractivity contribution in [2.24, 2.45) is 5.92 Å². The molecule has 0 amide bonds. The molecule has 2 aliphatic rings. The maximum absolute atomic E-state index is 5.79. The zero-order chi connectivity index (χ0) is 13.8. The molecule has 0 radical (unpaired) electrons. The lowest BCUT2D eigenvalue weighted by Crippen LogP contribution is -2.37. The predicted molar refractivity (Wildman–Crippen MR) is 77.7 cm³/mol. The van der Waals surface area contributed by atoms with Crippen molar-refractivity contribution >= 4 is 17.8 Å². The van der Waals surface area contributed by atoms with Crippen LogP contribution in [0.5, 0.6) is 0 Å². The number of hydrogen-bond donors (Lipinski definition) is 2. The molecule has 0 spiro atoms. The van der Waals surface area contributed by atoms with Crippen molar-refractivity contribution < 1.29 is 4.74 Å². The van der Waals surface area contributed by atoms with Crippen molar-refractivity contribution in [2.75, 3.05) is 48.8 Å². The maximum Gasteiger partial charge on any atom is 0.232 e.